The molecule has 0 spiro atoms. The molecule has 0 aliphatic carbocycles. The van der Waals surface area contributed by atoms with E-state index in [9.17, 15) is 0 Å². The minimum atomic E-state index is -0.125. The van der Waals surface area contributed by atoms with Crippen LogP contribution in [0.25, 0.3) is 0 Å². The van der Waals surface area contributed by atoms with Crippen LogP contribution in [0.4, 0.5) is 0 Å². The summed E-state index contributed by atoms with van der Waals surface area (Å²) in [6.07, 6.45) is 0. The molecule has 0 atom stereocenters. The van der Waals surface area contributed by atoms with Gasteiger partial charge in [-0.2, -0.15) is 0 Å². The Morgan fingerprint density at radius 3 is 1.33 bits per heavy atom. The quantitative estimate of drug-likeness (QED) is 0.379. The molecule has 0 aromatic rings. The molecule has 0 saturated heterocycles. The molecule has 4 N–H and O–H groups in total. The fourth-order valence-electron chi connectivity index (χ4n) is 0. The summed E-state index contributed by atoms with van der Waals surface area (Å²) in [5, 5.41) is 15.2. The Kier molecular flexibility index (Phi) is 46.2. The van der Waals surface area contributed by atoms with Gasteiger partial charge in [0.1, 0.15) is 0 Å². The van der Waals surface area contributed by atoms with Gasteiger partial charge in [0.2, 0.25) is 0 Å². The van der Waals surface area contributed by atoms with E-state index < -0.39 is 0 Å². The Balaban J connectivity index is -0.00000000750. The Hall–Kier alpha value is 0.646. The molecule has 0 aliphatic rings. The molecular formula is C2H10MgO3. The van der Waals surface area contributed by atoms with Gasteiger partial charge in [-0.25, -0.2) is 0 Å². The monoisotopic (exact) mass is 106 g/mol. The zero-order valence-corrected chi connectivity index (χ0v) is 4.93. The fraction of sp³-hybridized carbons (Fsp3) is 1.00. The van der Waals surface area contributed by atoms with Crippen LogP contribution in [0.2, 0.25) is 0 Å². The first-order valence-electron chi connectivity index (χ1n) is 1.13. The molecule has 6 heavy (non-hydrogen) atoms. The van der Waals surface area contributed by atoms with Crippen molar-refractivity contribution < 1.29 is 18.5 Å². The zero-order valence-electron chi connectivity index (χ0n) is 5.52. The Bertz CT molecular complexity index is 17.2. The molecule has 0 rings (SSSR count). The summed E-state index contributed by atoms with van der Waals surface area (Å²) in [4.78, 5) is 0. The first-order valence-corrected chi connectivity index (χ1v) is 1.13. The molecule has 0 radical (unpaired) electrons. The number of aliphatic hydroxyl groups is 2. The van der Waals surface area contributed by atoms with E-state index in [1.165, 1.54) is 0 Å². The maximum absolute atomic E-state index is 7.62. The number of hydrogen-bond acceptors (Lipinski definition) is 2. The van der Waals surface area contributed by atoms with Crippen molar-refractivity contribution >= 4 is 23.1 Å². The molecule has 0 aromatic heterocycles. The van der Waals surface area contributed by atoms with E-state index in [1.54, 1.807) is 0 Å². The maximum atomic E-state index is 7.62. The van der Waals surface area contributed by atoms with Crippen LogP contribution in [0.15, 0.2) is 0 Å². The average molecular weight is 106 g/mol. The number of hydrogen-bond donors (Lipinski definition) is 2. The first kappa shape index (κ1) is 15.9. The van der Waals surface area contributed by atoms with E-state index in [-0.39, 0.29) is 44.6 Å². The summed E-state index contributed by atoms with van der Waals surface area (Å²) in [6.45, 7) is -0.250. The van der Waals surface area contributed by atoms with E-state index >= 15 is 0 Å². The van der Waals surface area contributed by atoms with Gasteiger partial charge in [-0.1, -0.05) is 0 Å². The predicted octanol–water partition coefficient (Wildman–Crippen LogP) is -2.01. The molecule has 0 fully saturated rings. The van der Waals surface area contributed by atoms with Gasteiger partial charge in [0.25, 0.3) is 0 Å². The van der Waals surface area contributed by atoms with Crippen LogP contribution in [0, 0.1) is 0 Å². The molecule has 38 valence electrons. The first-order chi connectivity index (χ1) is 1.91. The molecular weight excluding hydrogens is 96.3 g/mol. The third-order valence-corrected chi connectivity index (χ3v) is 0.1000. The van der Waals surface area contributed by atoms with Gasteiger partial charge in [0, 0.05) is 0 Å². The second kappa shape index (κ2) is 17.4. The van der Waals surface area contributed by atoms with Crippen molar-refractivity contribution in [2.75, 3.05) is 13.2 Å². The fourth-order valence-corrected chi connectivity index (χ4v) is 0. The minimum absolute atomic E-state index is 0. The van der Waals surface area contributed by atoms with Crippen molar-refractivity contribution in [3.63, 3.8) is 0 Å². The van der Waals surface area contributed by atoms with Gasteiger partial charge in [-0.15, -0.1) is 0 Å². The van der Waals surface area contributed by atoms with Crippen molar-refractivity contribution in [2.24, 2.45) is 0 Å². The molecule has 0 unspecified atom stereocenters. The van der Waals surface area contributed by atoms with Crippen LogP contribution in [-0.4, -0.2) is 52.0 Å². The minimum Gasteiger partial charge on any atom is -1.00 e. The Morgan fingerprint density at radius 1 is 1.17 bits per heavy atom. The van der Waals surface area contributed by atoms with Gasteiger partial charge in [0.15, 0.2) is 0 Å². The van der Waals surface area contributed by atoms with Crippen LogP contribution < -0.4 is 0 Å². The van der Waals surface area contributed by atoms with E-state index in [1.807, 2.05) is 0 Å². The van der Waals surface area contributed by atoms with E-state index in [4.69, 9.17) is 10.2 Å². The summed E-state index contributed by atoms with van der Waals surface area (Å²) in [7, 11) is 0. The van der Waals surface area contributed by atoms with Crippen LogP contribution >= 0.6 is 0 Å². The van der Waals surface area contributed by atoms with Gasteiger partial charge >= 0.3 is 23.1 Å². The average Bonchev–Trinajstić information content (AvgIpc) is 1.37. The molecule has 3 nitrogen and oxygen atoms in total. The predicted molar refractivity (Wildman–Crippen MR) is 25.8 cm³/mol. The van der Waals surface area contributed by atoms with Crippen molar-refractivity contribution in [1.82, 2.24) is 0 Å². The summed E-state index contributed by atoms with van der Waals surface area (Å²) in [5.41, 5.74) is 0. The van der Waals surface area contributed by atoms with Crippen LogP contribution in [0.5, 0.6) is 0 Å². The number of aliphatic hydroxyl groups excluding tert-OH is 2. The molecule has 0 saturated carbocycles. The molecule has 0 aromatic carbocycles. The SMILES string of the molecule is O.OCCO.[H-].[H-].[Mg+2]. The Labute approximate surface area is 55.4 Å². The summed E-state index contributed by atoms with van der Waals surface area (Å²) < 4.78 is 0. The second-order valence-corrected chi connectivity index (χ2v) is 0.447. The van der Waals surface area contributed by atoms with Crippen molar-refractivity contribution in [1.29, 1.82) is 0 Å². The molecule has 4 heteroatoms. The maximum Gasteiger partial charge on any atom is 2.00 e. The molecule has 0 heterocycles. The normalized spacial score (nSPS) is 5.00. The third kappa shape index (κ3) is 22.8. The van der Waals surface area contributed by atoms with Crippen molar-refractivity contribution in [2.45, 2.75) is 0 Å². The summed E-state index contributed by atoms with van der Waals surface area (Å²) >= 11 is 0. The molecule has 0 aliphatic heterocycles. The summed E-state index contributed by atoms with van der Waals surface area (Å²) in [6, 6.07) is 0. The van der Waals surface area contributed by atoms with Crippen molar-refractivity contribution in [3.8, 4) is 0 Å². The molecule has 0 amide bonds. The van der Waals surface area contributed by atoms with Crippen molar-refractivity contribution in [3.05, 3.63) is 0 Å². The molecule has 0 bridgehead atoms. The van der Waals surface area contributed by atoms with Gasteiger partial charge < -0.3 is 18.5 Å². The third-order valence-electron chi connectivity index (χ3n) is 0.1000. The van der Waals surface area contributed by atoms with E-state index in [0.29, 0.717) is 0 Å². The van der Waals surface area contributed by atoms with Gasteiger partial charge in [-0.3, -0.25) is 0 Å². The van der Waals surface area contributed by atoms with Crippen LogP contribution in [0.3, 0.4) is 0 Å². The van der Waals surface area contributed by atoms with E-state index in [2.05, 4.69) is 0 Å². The van der Waals surface area contributed by atoms with Gasteiger partial charge in [-0.05, 0) is 0 Å². The standard InChI is InChI=1S/C2H6O2.Mg.H2O.2H/c3-1-2-4;;;;/h3-4H,1-2H2;;1H2;;/q;+2;;2*-1. The largest absolute Gasteiger partial charge is 2.00 e. The van der Waals surface area contributed by atoms with E-state index in [0.717, 1.165) is 0 Å². The number of rotatable bonds is 1. The topological polar surface area (TPSA) is 72.0 Å². The van der Waals surface area contributed by atoms with Crippen LogP contribution in [0.1, 0.15) is 2.85 Å². The zero-order chi connectivity index (χ0) is 3.41. The van der Waals surface area contributed by atoms with Gasteiger partial charge in [0.05, 0.1) is 13.2 Å². The second-order valence-electron chi connectivity index (χ2n) is 0.447. The summed E-state index contributed by atoms with van der Waals surface area (Å²) in [5.74, 6) is 0. The van der Waals surface area contributed by atoms with Crippen LogP contribution in [-0.2, 0) is 0 Å². The Morgan fingerprint density at radius 2 is 1.33 bits per heavy atom. The smallest absolute Gasteiger partial charge is 1.00 e.